The van der Waals surface area contributed by atoms with Gasteiger partial charge in [0.1, 0.15) is 17.0 Å². The van der Waals surface area contributed by atoms with E-state index in [0.717, 1.165) is 12.1 Å². The van der Waals surface area contributed by atoms with Crippen LogP contribution in [0.4, 0.5) is 11.4 Å². The lowest BCUT2D eigenvalue weighted by Gasteiger charge is -2.04. The molecule has 0 aliphatic carbocycles. The number of aryl methyl sites for hydroxylation is 1. The summed E-state index contributed by atoms with van der Waals surface area (Å²) >= 11 is 0. The lowest BCUT2D eigenvalue weighted by Crippen LogP contribution is -1.86. The fraction of sp³-hybridized carbons (Fsp3) is 0.444. The van der Waals surface area contributed by atoms with Crippen LogP contribution in [0.2, 0.25) is 0 Å². The van der Waals surface area contributed by atoms with Crippen molar-refractivity contribution in [2.45, 2.75) is 77.6 Å². The predicted octanol–water partition coefficient (Wildman–Crippen LogP) is 8.52. The molecule has 0 bridgehead atoms. The molecule has 0 atom stereocenters. The molecular weight excluding hydrogens is 398 g/mol. The summed E-state index contributed by atoms with van der Waals surface area (Å²) in [4.78, 5) is 4.08. The van der Waals surface area contributed by atoms with Gasteiger partial charge >= 0.3 is 0 Å². The number of hydrogen-bond donors (Lipinski definition) is 2. The third-order valence-corrected chi connectivity index (χ3v) is 5.81. The average Bonchev–Trinajstić information content (AvgIpc) is 2.80. The summed E-state index contributed by atoms with van der Waals surface area (Å²) in [6.45, 7) is 2.27. The zero-order valence-electron chi connectivity index (χ0n) is 19.1. The SMILES string of the molecule is CCCCCCCCCCCCc1ccc(/N=N/c2cccc3c(O)cc(O)nc23)cc1. The minimum Gasteiger partial charge on any atom is -0.507 e. The van der Waals surface area contributed by atoms with Gasteiger partial charge in [-0.05, 0) is 42.7 Å². The van der Waals surface area contributed by atoms with E-state index in [0.29, 0.717) is 16.6 Å². The summed E-state index contributed by atoms with van der Waals surface area (Å²) in [7, 11) is 0. The smallest absolute Gasteiger partial charge is 0.215 e. The second-order valence-corrected chi connectivity index (χ2v) is 8.47. The Labute approximate surface area is 191 Å². The number of aromatic nitrogens is 1. The van der Waals surface area contributed by atoms with E-state index in [4.69, 9.17) is 0 Å². The van der Waals surface area contributed by atoms with E-state index >= 15 is 0 Å². The monoisotopic (exact) mass is 433 g/mol. The molecule has 0 radical (unpaired) electrons. The number of hydrogen-bond acceptors (Lipinski definition) is 5. The third kappa shape index (κ3) is 7.33. The summed E-state index contributed by atoms with van der Waals surface area (Å²) in [6.07, 6.45) is 14.6. The highest BCUT2D eigenvalue weighted by Crippen LogP contribution is 2.33. The van der Waals surface area contributed by atoms with Crippen LogP contribution in [0.3, 0.4) is 0 Å². The Hall–Kier alpha value is -2.95. The van der Waals surface area contributed by atoms with E-state index in [1.807, 2.05) is 12.1 Å². The molecule has 0 fully saturated rings. The van der Waals surface area contributed by atoms with Crippen molar-refractivity contribution in [2.24, 2.45) is 10.2 Å². The number of nitrogens with zero attached hydrogens (tertiary/aromatic N) is 3. The molecule has 32 heavy (non-hydrogen) atoms. The van der Waals surface area contributed by atoms with Gasteiger partial charge in [0.25, 0.3) is 0 Å². The van der Waals surface area contributed by atoms with Crippen LogP contribution in [0.25, 0.3) is 10.9 Å². The van der Waals surface area contributed by atoms with Crippen molar-refractivity contribution in [1.82, 2.24) is 4.98 Å². The van der Waals surface area contributed by atoms with Crippen LogP contribution in [0.1, 0.15) is 76.7 Å². The normalized spacial score (nSPS) is 11.5. The minimum atomic E-state index is -0.242. The number of aromatic hydroxyl groups is 2. The van der Waals surface area contributed by atoms with Crippen molar-refractivity contribution in [1.29, 1.82) is 0 Å². The largest absolute Gasteiger partial charge is 0.507 e. The quantitative estimate of drug-likeness (QED) is 0.209. The van der Waals surface area contributed by atoms with Gasteiger partial charge in [0.05, 0.1) is 5.69 Å². The van der Waals surface area contributed by atoms with Gasteiger partial charge in [-0.3, -0.25) is 0 Å². The maximum atomic E-state index is 9.99. The summed E-state index contributed by atoms with van der Waals surface area (Å²) in [5.74, 6) is -0.269. The first kappa shape index (κ1) is 23.7. The molecule has 170 valence electrons. The Morgan fingerprint density at radius 3 is 2.09 bits per heavy atom. The molecule has 3 rings (SSSR count). The highest BCUT2D eigenvalue weighted by Gasteiger charge is 2.08. The molecule has 0 aliphatic heterocycles. The van der Waals surface area contributed by atoms with Gasteiger partial charge in [0.2, 0.25) is 5.88 Å². The minimum absolute atomic E-state index is 0.0270. The Kier molecular flexibility index (Phi) is 9.48. The Morgan fingerprint density at radius 2 is 1.41 bits per heavy atom. The zero-order chi connectivity index (χ0) is 22.6. The van der Waals surface area contributed by atoms with Crippen LogP contribution in [-0.4, -0.2) is 15.2 Å². The second-order valence-electron chi connectivity index (χ2n) is 8.47. The first-order valence-corrected chi connectivity index (χ1v) is 12.0. The molecular formula is C27H35N3O2. The molecule has 0 saturated carbocycles. The molecule has 1 heterocycles. The number of azo groups is 1. The molecule has 3 aromatic rings. The summed E-state index contributed by atoms with van der Waals surface area (Å²) in [5, 5.41) is 28.8. The molecule has 0 amide bonds. The van der Waals surface area contributed by atoms with Gasteiger partial charge in [-0.15, -0.1) is 5.11 Å². The lowest BCUT2D eigenvalue weighted by molar-refractivity contribution is 0.440. The van der Waals surface area contributed by atoms with Crippen LogP contribution >= 0.6 is 0 Å². The number of unbranched alkanes of at least 4 members (excludes halogenated alkanes) is 9. The first-order chi connectivity index (χ1) is 15.7. The van der Waals surface area contributed by atoms with Crippen molar-refractivity contribution in [3.8, 4) is 11.6 Å². The number of para-hydroxylation sites is 1. The number of benzene rings is 2. The molecule has 0 spiro atoms. The molecule has 0 aliphatic rings. The second kappa shape index (κ2) is 12.8. The van der Waals surface area contributed by atoms with Crippen molar-refractivity contribution >= 4 is 22.3 Å². The highest BCUT2D eigenvalue weighted by atomic mass is 16.3. The van der Waals surface area contributed by atoms with E-state index in [2.05, 4.69) is 34.3 Å². The molecule has 0 saturated heterocycles. The van der Waals surface area contributed by atoms with Gasteiger partial charge in [0.15, 0.2) is 0 Å². The van der Waals surface area contributed by atoms with Crippen LogP contribution < -0.4 is 0 Å². The van der Waals surface area contributed by atoms with E-state index in [1.54, 1.807) is 18.2 Å². The molecule has 5 nitrogen and oxygen atoms in total. The van der Waals surface area contributed by atoms with Crippen LogP contribution in [0, 0.1) is 0 Å². The molecule has 0 unspecified atom stereocenters. The predicted molar refractivity (Wildman–Crippen MR) is 131 cm³/mol. The van der Waals surface area contributed by atoms with Crippen molar-refractivity contribution in [3.05, 3.63) is 54.1 Å². The van der Waals surface area contributed by atoms with Gasteiger partial charge in [-0.25, -0.2) is 4.98 Å². The summed E-state index contributed by atoms with van der Waals surface area (Å²) in [5.41, 5.74) is 3.01. The van der Waals surface area contributed by atoms with Gasteiger partial charge < -0.3 is 10.2 Å². The average molecular weight is 434 g/mol. The topological polar surface area (TPSA) is 78.1 Å². The lowest BCUT2D eigenvalue weighted by atomic mass is 10.0. The van der Waals surface area contributed by atoms with E-state index in [-0.39, 0.29) is 11.6 Å². The molecule has 1 aromatic heterocycles. The Morgan fingerprint density at radius 1 is 0.750 bits per heavy atom. The van der Waals surface area contributed by atoms with Crippen molar-refractivity contribution in [3.63, 3.8) is 0 Å². The first-order valence-electron chi connectivity index (χ1n) is 12.0. The molecule has 2 N–H and O–H groups in total. The number of pyridine rings is 1. The highest BCUT2D eigenvalue weighted by molar-refractivity contribution is 5.93. The van der Waals surface area contributed by atoms with E-state index in [1.165, 1.54) is 75.8 Å². The third-order valence-electron chi connectivity index (χ3n) is 5.81. The number of fused-ring (bicyclic) bond motifs is 1. The zero-order valence-corrected chi connectivity index (χ0v) is 19.1. The summed E-state index contributed by atoms with van der Waals surface area (Å²) in [6, 6.07) is 14.7. The van der Waals surface area contributed by atoms with E-state index in [9.17, 15) is 10.2 Å². The fourth-order valence-corrected chi connectivity index (χ4v) is 3.94. The maximum Gasteiger partial charge on any atom is 0.215 e. The van der Waals surface area contributed by atoms with Crippen LogP contribution in [0.5, 0.6) is 11.6 Å². The number of rotatable bonds is 13. The molecule has 5 heteroatoms. The van der Waals surface area contributed by atoms with E-state index < -0.39 is 0 Å². The van der Waals surface area contributed by atoms with Gasteiger partial charge in [-0.2, -0.15) is 5.11 Å². The maximum absolute atomic E-state index is 9.99. The van der Waals surface area contributed by atoms with Gasteiger partial charge in [-0.1, -0.05) is 82.9 Å². The van der Waals surface area contributed by atoms with Crippen LogP contribution in [-0.2, 0) is 6.42 Å². The summed E-state index contributed by atoms with van der Waals surface area (Å²) < 4.78 is 0. The van der Waals surface area contributed by atoms with Crippen LogP contribution in [0.15, 0.2) is 58.8 Å². The van der Waals surface area contributed by atoms with Crippen molar-refractivity contribution < 1.29 is 10.2 Å². The Balaban J connectivity index is 1.43. The molecule has 2 aromatic carbocycles. The fourth-order valence-electron chi connectivity index (χ4n) is 3.94. The van der Waals surface area contributed by atoms with Gasteiger partial charge in [0, 0.05) is 11.5 Å². The standard InChI is InChI=1S/C27H35N3O2/c1-2-3-4-5-6-7-8-9-10-11-13-21-16-18-22(19-17-21)29-30-24-15-12-14-23-25(31)20-26(32)28-27(23)24/h12,14-20H,2-11,13H2,1H3,(H2,28,31,32)/b30-29+. The Bertz CT molecular complexity index is 1000. The van der Waals surface area contributed by atoms with Crippen molar-refractivity contribution in [2.75, 3.05) is 0 Å².